The average Bonchev–Trinajstić information content (AvgIpc) is 2.98. The molecular formula is C19H26N6. The molecule has 1 aromatic heterocycles. The third-order valence-corrected chi connectivity index (χ3v) is 5.17. The largest absolute Gasteiger partial charge is 0.371 e. The van der Waals surface area contributed by atoms with Gasteiger partial charge in [0.05, 0.1) is 5.69 Å². The van der Waals surface area contributed by atoms with Gasteiger partial charge in [-0.1, -0.05) is 18.2 Å². The molecule has 0 aliphatic carbocycles. The van der Waals surface area contributed by atoms with E-state index in [2.05, 4.69) is 55.8 Å². The van der Waals surface area contributed by atoms with Crippen molar-refractivity contribution in [2.75, 3.05) is 48.7 Å². The standard InChI is InChI=1S/C19H26N6/c20-19-23-17-7-10-21-9-6-16(17)18(24-19)22-12-14-8-11-25(13-14)15-4-2-1-3-5-15/h1-5,14,21H,6-13H2,(H3,20,22,23,24)/t14-/m1/s1. The van der Waals surface area contributed by atoms with E-state index in [4.69, 9.17) is 5.73 Å². The lowest BCUT2D eigenvalue weighted by molar-refractivity contribution is 0.620. The Morgan fingerprint density at radius 3 is 2.88 bits per heavy atom. The maximum absolute atomic E-state index is 5.92. The number of hydrogen-bond acceptors (Lipinski definition) is 6. The number of rotatable bonds is 4. The molecule has 4 rings (SSSR count). The van der Waals surface area contributed by atoms with Crippen LogP contribution in [0.5, 0.6) is 0 Å². The number of fused-ring (bicyclic) bond motifs is 1. The molecule has 0 spiro atoms. The summed E-state index contributed by atoms with van der Waals surface area (Å²) in [7, 11) is 0. The fourth-order valence-corrected chi connectivity index (χ4v) is 3.82. The quantitative estimate of drug-likeness (QED) is 0.787. The second kappa shape index (κ2) is 7.27. The molecule has 4 N–H and O–H groups in total. The molecule has 1 fully saturated rings. The van der Waals surface area contributed by atoms with E-state index in [9.17, 15) is 0 Å². The maximum Gasteiger partial charge on any atom is 0.222 e. The Bertz CT molecular complexity index is 717. The first-order valence-electron chi connectivity index (χ1n) is 9.19. The summed E-state index contributed by atoms with van der Waals surface area (Å²) in [6.07, 6.45) is 3.08. The Labute approximate surface area is 148 Å². The zero-order valence-corrected chi connectivity index (χ0v) is 14.5. The van der Waals surface area contributed by atoms with Crippen molar-refractivity contribution in [3.8, 4) is 0 Å². The van der Waals surface area contributed by atoms with Gasteiger partial charge in [-0.25, -0.2) is 4.98 Å². The zero-order valence-electron chi connectivity index (χ0n) is 14.5. The average molecular weight is 338 g/mol. The summed E-state index contributed by atoms with van der Waals surface area (Å²) in [6.45, 7) is 5.06. The van der Waals surface area contributed by atoms with Crippen molar-refractivity contribution in [2.24, 2.45) is 5.92 Å². The molecule has 0 unspecified atom stereocenters. The van der Waals surface area contributed by atoms with Crippen LogP contribution in [0, 0.1) is 5.92 Å². The van der Waals surface area contributed by atoms with Gasteiger partial charge in [-0.2, -0.15) is 4.98 Å². The van der Waals surface area contributed by atoms with Gasteiger partial charge in [-0.3, -0.25) is 0 Å². The second-order valence-electron chi connectivity index (χ2n) is 6.92. The highest BCUT2D eigenvalue weighted by Crippen LogP contribution is 2.25. The van der Waals surface area contributed by atoms with E-state index in [1.165, 1.54) is 17.7 Å². The Kier molecular flexibility index (Phi) is 4.70. The number of benzene rings is 1. The minimum atomic E-state index is 0.375. The zero-order chi connectivity index (χ0) is 17.1. The summed E-state index contributed by atoms with van der Waals surface area (Å²) >= 11 is 0. The van der Waals surface area contributed by atoms with Crippen molar-refractivity contribution < 1.29 is 0 Å². The summed E-state index contributed by atoms with van der Waals surface area (Å²) in [6, 6.07) is 10.7. The summed E-state index contributed by atoms with van der Waals surface area (Å²) in [5.74, 6) is 1.93. The predicted molar refractivity (Wildman–Crippen MR) is 102 cm³/mol. The molecule has 25 heavy (non-hydrogen) atoms. The Balaban J connectivity index is 1.41. The van der Waals surface area contributed by atoms with Crippen LogP contribution in [0.2, 0.25) is 0 Å². The van der Waals surface area contributed by atoms with Gasteiger partial charge < -0.3 is 21.3 Å². The lowest BCUT2D eigenvalue weighted by atomic mass is 10.1. The summed E-state index contributed by atoms with van der Waals surface area (Å²) in [5.41, 5.74) is 9.57. The molecule has 0 amide bonds. The molecule has 1 aromatic carbocycles. The van der Waals surface area contributed by atoms with Crippen LogP contribution in [-0.4, -0.2) is 42.7 Å². The van der Waals surface area contributed by atoms with Crippen LogP contribution in [0.3, 0.4) is 0 Å². The van der Waals surface area contributed by atoms with E-state index in [1.807, 2.05) is 0 Å². The van der Waals surface area contributed by atoms with Crippen LogP contribution in [-0.2, 0) is 12.8 Å². The van der Waals surface area contributed by atoms with Crippen molar-refractivity contribution >= 4 is 17.5 Å². The topological polar surface area (TPSA) is 79.1 Å². The second-order valence-corrected chi connectivity index (χ2v) is 6.92. The van der Waals surface area contributed by atoms with Crippen molar-refractivity contribution in [3.05, 3.63) is 41.6 Å². The Morgan fingerprint density at radius 1 is 1.16 bits per heavy atom. The highest BCUT2D eigenvalue weighted by Gasteiger charge is 2.23. The van der Waals surface area contributed by atoms with Gasteiger partial charge in [0.2, 0.25) is 5.95 Å². The van der Waals surface area contributed by atoms with Crippen LogP contribution in [0.15, 0.2) is 30.3 Å². The predicted octanol–water partition coefficient (Wildman–Crippen LogP) is 1.69. The highest BCUT2D eigenvalue weighted by molar-refractivity contribution is 5.51. The van der Waals surface area contributed by atoms with Gasteiger partial charge in [0.1, 0.15) is 5.82 Å². The number of nitrogens with one attached hydrogen (secondary N) is 2. The minimum Gasteiger partial charge on any atom is -0.371 e. The molecule has 132 valence electrons. The van der Waals surface area contributed by atoms with Crippen LogP contribution in [0.25, 0.3) is 0 Å². The molecule has 6 nitrogen and oxygen atoms in total. The molecule has 0 radical (unpaired) electrons. The molecule has 1 saturated heterocycles. The van der Waals surface area contributed by atoms with Crippen molar-refractivity contribution in [3.63, 3.8) is 0 Å². The molecule has 0 saturated carbocycles. The van der Waals surface area contributed by atoms with Crippen LogP contribution in [0.4, 0.5) is 17.5 Å². The SMILES string of the molecule is Nc1nc2c(c(NC[C@H]3CCN(c4ccccc4)C3)n1)CCNCC2. The first-order valence-corrected chi connectivity index (χ1v) is 9.19. The number of nitrogens with zero attached hydrogens (tertiary/aromatic N) is 3. The Hall–Kier alpha value is -2.34. The van der Waals surface area contributed by atoms with E-state index in [0.717, 1.165) is 57.1 Å². The van der Waals surface area contributed by atoms with Gasteiger partial charge in [0.25, 0.3) is 0 Å². The monoisotopic (exact) mass is 338 g/mol. The number of nitrogens with two attached hydrogens (primary N) is 1. The third kappa shape index (κ3) is 3.69. The maximum atomic E-state index is 5.92. The molecule has 6 heteroatoms. The van der Waals surface area contributed by atoms with Crippen LogP contribution < -0.4 is 21.3 Å². The number of hydrogen-bond donors (Lipinski definition) is 3. The molecule has 2 aliphatic heterocycles. The summed E-state index contributed by atoms with van der Waals surface area (Å²) in [4.78, 5) is 11.4. The summed E-state index contributed by atoms with van der Waals surface area (Å²) < 4.78 is 0. The first-order chi connectivity index (χ1) is 12.3. The normalized spacial score (nSPS) is 20.2. The third-order valence-electron chi connectivity index (χ3n) is 5.17. The fourth-order valence-electron chi connectivity index (χ4n) is 3.82. The smallest absolute Gasteiger partial charge is 0.222 e. The van der Waals surface area contributed by atoms with Gasteiger partial charge >= 0.3 is 0 Å². The molecule has 1 atom stereocenters. The first kappa shape index (κ1) is 16.1. The van der Waals surface area contributed by atoms with Crippen molar-refractivity contribution in [1.82, 2.24) is 15.3 Å². The fraction of sp³-hybridized carbons (Fsp3) is 0.474. The van der Waals surface area contributed by atoms with E-state index in [0.29, 0.717) is 11.9 Å². The van der Waals surface area contributed by atoms with Gasteiger partial charge in [-0.15, -0.1) is 0 Å². The molecule has 2 aliphatic rings. The van der Waals surface area contributed by atoms with E-state index in [1.54, 1.807) is 0 Å². The van der Waals surface area contributed by atoms with E-state index in [-0.39, 0.29) is 0 Å². The van der Waals surface area contributed by atoms with Gasteiger partial charge in [-0.05, 0) is 37.4 Å². The molecule has 0 bridgehead atoms. The summed E-state index contributed by atoms with van der Waals surface area (Å²) in [5, 5.41) is 6.99. The number of anilines is 3. The lowest BCUT2D eigenvalue weighted by Gasteiger charge is -2.19. The lowest BCUT2D eigenvalue weighted by Crippen LogP contribution is -2.23. The van der Waals surface area contributed by atoms with E-state index >= 15 is 0 Å². The van der Waals surface area contributed by atoms with Crippen LogP contribution in [0.1, 0.15) is 17.7 Å². The highest BCUT2D eigenvalue weighted by atomic mass is 15.2. The van der Waals surface area contributed by atoms with Crippen molar-refractivity contribution in [2.45, 2.75) is 19.3 Å². The van der Waals surface area contributed by atoms with E-state index < -0.39 is 0 Å². The Morgan fingerprint density at radius 2 is 2.00 bits per heavy atom. The van der Waals surface area contributed by atoms with Crippen LogP contribution >= 0.6 is 0 Å². The molecular weight excluding hydrogens is 312 g/mol. The van der Waals surface area contributed by atoms with Gasteiger partial charge in [0, 0.05) is 43.9 Å². The number of nitrogen functional groups attached to an aromatic ring is 1. The molecule has 3 heterocycles. The number of aromatic nitrogens is 2. The molecule has 2 aromatic rings. The van der Waals surface area contributed by atoms with Gasteiger partial charge in [0.15, 0.2) is 0 Å². The minimum absolute atomic E-state index is 0.375. The van der Waals surface area contributed by atoms with Crippen molar-refractivity contribution in [1.29, 1.82) is 0 Å². The number of para-hydroxylation sites is 1.